The first-order chi connectivity index (χ1) is 59.4. The highest BCUT2D eigenvalue weighted by molar-refractivity contribution is 9.11. The van der Waals surface area contributed by atoms with E-state index in [2.05, 4.69) is 307 Å². The van der Waals surface area contributed by atoms with Crippen LogP contribution < -0.4 is 42.1 Å². The number of ketones is 1. The molecule has 0 saturated carbocycles. The van der Waals surface area contributed by atoms with Crippen LogP contribution in [0.2, 0.25) is 0 Å². The molecule has 8 heterocycles. The lowest BCUT2D eigenvalue weighted by atomic mass is 10.0. The Kier molecular flexibility index (Phi) is 36.0. The number of likely N-dealkylation sites (N-methyl/N-ethyl adjacent to an activating group) is 2. The van der Waals surface area contributed by atoms with Crippen molar-refractivity contribution in [2.45, 2.75) is 78.6 Å². The van der Waals surface area contributed by atoms with Gasteiger partial charge in [0.15, 0.2) is 0 Å². The molecule has 0 atom stereocenters. The van der Waals surface area contributed by atoms with Gasteiger partial charge >= 0.3 is 17.6 Å². The number of ether oxygens (including phenoxy) is 2. The van der Waals surface area contributed by atoms with Crippen molar-refractivity contribution in [3.05, 3.63) is 279 Å². The number of nitrogen functional groups attached to an aromatic ring is 1. The number of nitrogens with zero attached hydrogens (tertiary/aromatic N) is 13. The molecule has 0 amide bonds. The number of nitrogens with two attached hydrogens (primary N) is 1. The molecule has 37 heteroatoms. The number of rotatable bonds is 11. The number of carbonyl (C=O) groups excluding carboxylic acids is 3. The van der Waals surface area contributed by atoms with Crippen LogP contribution in [0.3, 0.4) is 0 Å². The number of anilines is 8. The molecule has 5 aliphatic heterocycles. The maximum Gasteiger partial charge on any atom is 0.307 e. The molecule has 0 aliphatic carbocycles. The number of benzene rings is 9. The standard InChI is InChI=1S/C18H18N4.C12H13BrN4.C11H11BrN4.C10H11BrN2O4.C10H13BrN2O2.C10H10BrNO.C10H10BrNS.C6H3BrFNO2/c1-13-19-20-18-10-11-21(2)17-12-15(8-9-16(17)22(13)18)14-6-4-3-5-7-14;1-8-14-15-12-5-6-16(2)11-7-9(13)3-4-10(11)17(8)12;1-7-14-15-11-4-5-13-9-6-8(12)2-3-10(9)16(7)11;1-17-10(14)4-5-12-8-6-7(11)2-3-9(8)13(15)16;1-15-10(14)4-5-13-9-6-7(11)2-3-8(9)12;2*11-8-2-1-7-5-9(13)3-4-12-10(7)6-8;7-4-1-2-6(9(10)11)5(8)3-4/h3-9,12H,10-11H2,1-2H3;3-4,7H,5-6H2,1-2H3;2-3,6,13H,4-5H2,1H3;2-3,6,12H,4-5H2,1H3;2-3,6,13H,4-5,12H2,1H3;2*1-2,6,12H,3-5H2;1-3H. The van der Waals surface area contributed by atoms with Crippen LogP contribution in [-0.4, -0.2) is 151 Å². The second-order valence-corrected chi connectivity index (χ2v) is 35.3. The molecular weight excluding hydrogens is 2070 g/mol. The van der Waals surface area contributed by atoms with E-state index in [0.717, 1.165) is 183 Å². The van der Waals surface area contributed by atoms with E-state index in [0.29, 0.717) is 47.4 Å². The van der Waals surface area contributed by atoms with E-state index in [1.54, 1.807) is 18.2 Å². The fourth-order valence-corrected chi connectivity index (χ4v) is 16.1. The Morgan fingerprint density at radius 1 is 0.476 bits per heavy atom. The van der Waals surface area contributed by atoms with Gasteiger partial charge in [-0.2, -0.15) is 4.39 Å². The molecule has 124 heavy (non-hydrogen) atoms. The topological polar surface area (TPSA) is 341 Å². The number of aryl methyl sites for hydroxylation is 3. The van der Waals surface area contributed by atoms with Crippen LogP contribution in [-0.2, 0) is 56.0 Å². The summed E-state index contributed by atoms with van der Waals surface area (Å²) in [6.07, 6.45) is 6.33. The number of nitro groups is 2. The van der Waals surface area contributed by atoms with Gasteiger partial charge in [0, 0.05) is 153 Å². The van der Waals surface area contributed by atoms with Crippen molar-refractivity contribution in [1.29, 1.82) is 0 Å². The molecule has 5 aliphatic rings. The van der Waals surface area contributed by atoms with Crippen molar-refractivity contribution in [2.24, 2.45) is 0 Å². The predicted molar refractivity (Wildman–Crippen MR) is 515 cm³/mol. The summed E-state index contributed by atoms with van der Waals surface area (Å²) in [5, 5.41) is 62.1. The average Bonchev–Trinajstić information content (AvgIpc) is 1.59. The lowest BCUT2D eigenvalue weighted by Crippen LogP contribution is -2.19. The quantitative estimate of drug-likeness (QED) is 0.0230. The minimum Gasteiger partial charge on any atom is -0.469 e. The summed E-state index contributed by atoms with van der Waals surface area (Å²) in [7, 11) is 6.92. The Morgan fingerprint density at radius 3 is 1.44 bits per heavy atom. The lowest BCUT2D eigenvalue weighted by molar-refractivity contribution is -0.387. The van der Waals surface area contributed by atoms with Gasteiger partial charge in [-0.05, 0) is 170 Å². The Bertz CT molecular complexity index is 5740. The molecule has 0 radical (unpaired) electrons. The molecule has 0 spiro atoms. The SMILES string of the molecule is COC(=O)CCNc1cc(Br)ccc1N.COC(=O)CCNc1cc(Br)ccc1[N+](=O)[O-].Cc1nnc2n1-c1ccc(-c3ccccc3)cc1N(C)CC2.Cc1nnc2n1-c1ccc(Br)cc1N(C)CC2.Cc1nnc2n1-c1ccc(Br)cc1NCC2.O=C1CCNc2cc(Br)ccc2C1.O=[N+]([O-])c1ccc(Br)cc1F.S=C1CCNc2cc(Br)ccc2C1. The van der Waals surface area contributed by atoms with Gasteiger partial charge in [-0.3, -0.25) is 48.3 Å². The summed E-state index contributed by atoms with van der Waals surface area (Å²) in [4.78, 5) is 58.3. The summed E-state index contributed by atoms with van der Waals surface area (Å²) in [5.41, 5.74) is 21.2. The molecule has 17 rings (SSSR count). The molecule has 3 aromatic heterocycles. The molecule has 0 unspecified atom stereocenters. The van der Waals surface area contributed by atoms with E-state index in [9.17, 15) is 39.0 Å². The van der Waals surface area contributed by atoms with Gasteiger partial charge in [-0.25, -0.2) is 0 Å². The number of thiocarbonyl (C=S) groups is 1. The number of hydrogen-bond donors (Lipinski definition) is 6. The number of Topliss-reactive ketones (excluding diaryl/α,β-unsaturated/α-hetero) is 1. The summed E-state index contributed by atoms with van der Waals surface area (Å²) >= 11 is 28.7. The number of nitro benzene ring substituents is 2. The average molecular weight is 2160 g/mol. The predicted octanol–water partition coefficient (Wildman–Crippen LogP) is 20.3. The summed E-state index contributed by atoms with van der Waals surface area (Å²) in [5.74, 6) is 4.79. The maximum absolute atomic E-state index is 12.6. The molecule has 648 valence electrons. The van der Waals surface area contributed by atoms with Gasteiger partial charge < -0.3 is 51.6 Å². The lowest BCUT2D eigenvalue weighted by Gasteiger charge is -2.20. The third kappa shape index (κ3) is 27.1. The first-order valence-corrected chi connectivity index (χ1v) is 44.9. The van der Waals surface area contributed by atoms with Gasteiger partial charge in [0.25, 0.3) is 5.69 Å². The van der Waals surface area contributed by atoms with Crippen LogP contribution in [0.25, 0.3) is 28.2 Å². The van der Waals surface area contributed by atoms with Crippen LogP contribution in [0.1, 0.15) is 71.8 Å². The van der Waals surface area contributed by atoms with E-state index in [1.807, 2.05) is 63.2 Å². The van der Waals surface area contributed by atoms with Crippen LogP contribution in [0.5, 0.6) is 0 Å². The second kappa shape index (κ2) is 46.5. The Labute approximate surface area is 781 Å². The maximum atomic E-state index is 12.6. The number of nitrogens with one attached hydrogen (secondary N) is 5. The molecule has 0 fully saturated rings. The molecule has 12 aromatic rings. The minimum atomic E-state index is -0.829. The molecular formula is C87H89Br7FN19O9S. The van der Waals surface area contributed by atoms with Crippen LogP contribution >= 0.6 is 124 Å². The van der Waals surface area contributed by atoms with Crippen molar-refractivity contribution < 1.29 is 38.1 Å². The second-order valence-electron chi connectivity index (χ2n) is 28.3. The number of esters is 2. The third-order valence-corrected chi connectivity index (χ3v) is 23.4. The minimum absolute atomic E-state index is 0.0296. The van der Waals surface area contributed by atoms with Gasteiger partial charge in [0.05, 0.1) is 82.4 Å². The summed E-state index contributed by atoms with van der Waals surface area (Å²) in [6, 6.07) is 55.6. The van der Waals surface area contributed by atoms with E-state index in [4.69, 9.17) is 18.0 Å². The van der Waals surface area contributed by atoms with E-state index in [-0.39, 0.29) is 30.6 Å². The monoisotopic (exact) mass is 2150 g/mol. The van der Waals surface area contributed by atoms with E-state index >= 15 is 0 Å². The number of carbonyl (C=O) groups is 3. The van der Waals surface area contributed by atoms with E-state index in [1.165, 1.54) is 60.1 Å². The van der Waals surface area contributed by atoms with Crippen molar-refractivity contribution in [3.63, 3.8) is 0 Å². The molecule has 7 N–H and O–H groups in total. The van der Waals surface area contributed by atoms with Crippen molar-refractivity contribution in [1.82, 2.24) is 44.3 Å². The van der Waals surface area contributed by atoms with Gasteiger partial charge in [0.2, 0.25) is 5.82 Å². The Morgan fingerprint density at radius 2 is 0.895 bits per heavy atom. The number of aromatic nitrogens is 9. The first kappa shape index (κ1) is 95.8. The first-order valence-electron chi connectivity index (χ1n) is 38.9. The number of halogens is 8. The summed E-state index contributed by atoms with van der Waals surface area (Å²) in [6.45, 7) is 11.3. The smallest absolute Gasteiger partial charge is 0.307 e. The van der Waals surface area contributed by atoms with Crippen LogP contribution in [0.4, 0.5) is 61.3 Å². The molecule has 28 nitrogen and oxygen atoms in total. The fourth-order valence-electron chi connectivity index (χ4n) is 13.3. The highest BCUT2D eigenvalue weighted by Gasteiger charge is 2.25. The Hall–Kier alpha value is -10.4. The molecule has 0 saturated heterocycles. The number of fused-ring (bicyclic) bond motifs is 11. The number of methoxy groups -OCH3 is 2. The molecule has 9 aromatic carbocycles. The van der Waals surface area contributed by atoms with Gasteiger partial charge in [-0.1, -0.05) is 172 Å². The molecule has 0 bridgehead atoms. The zero-order valence-corrected chi connectivity index (χ0v) is 80.5. The zero-order chi connectivity index (χ0) is 89.3. The van der Waals surface area contributed by atoms with E-state index < -0.39 is 21.4 Å². The largest absolute Gasteiger partial charge is 0.469 e. The van der Waals surface area contributed by atoms with Crippen LogP contribution in [0.15, 0.2) is 207 Å². The van der Waals surface area contributed by atoms with Crippen LogP contribution in [0, 0.1) is 46.8 Å². The normalized spacial score (nSPS) is 12.8. The van der Waals surface area contributed by atoms with Crippen molar-refractivity contribution in [3.8, 4) is 28.2 Å². The Balaban J connectivity index is 0.000000149. The van der Waals surface area contributed by atoms with Crippen molar-refractivity contribution >= 4 is 203 Å². The fraction of sp³-hybridized carbons (Fsp3) is 0.264. The van der Waals surface area contributed by atoms with Crippen molar-refractivity contribution in [2.75, 3.05) is 116 Å². The number of hydrogen-bond acceptors (Lipinski definition) is 24. The highest BCUT2D eigenvalue weighted by Crippen LogP contribution is 2.37. The van der Waals surface area contributed by atoms with Gasteiger partial charge in [0.1, 0.15) is 46.4 Å². The zero-order valence-electron chi connectivity index (χ0n) is 68.6. The van der Waals surface area contributed by atoms with Gasteiger partial charge in [-0.15, -0.1) is 30.6 Å². The third-order valence-electron chi connectivity index (χ3n) is 19.6. The highest BCUT2D eigenvalue weighted by atomic mass is 79.9. The summed E-state index contributed by atoms with van der Waals surface area (Å²) < 4.78 is 34.5.